The molecule has 0 N–H and O–H groups in total. The normalized spacial score (nSPS) is 13.9. The highest BCUT2D eigenvalue weighted by Crippen LogP contribution is 2.46. The van der Waals surface area contributed by atoms with Gasteiger partial charge in [-0.2, -0.15) is 0 Å². The van der Waals surface area contributed by atoms with Crippen molar-refractivity contribution in [2.75, 3.05) is 4.90 Å². The van der Waals surface area contributed by atoms with Crippen LogP contribution in [0.3, 0.4) is 0 Å². The molecule has 0 atom stereocenters. The van der Waals surface area contributed by atoms with Crippen molar-refractivity contribution >= 4 is 78.0 Å². The first-order valence-electron chi connectivity index (χ1n) is 30.6. The molecular weight excluding hydrogens is 1040 g/mol. The molecule has 0 fully saturated rings. The predicted octanol–water partition coefficient (Wildman–Crippen LogP) is 21.4. The Bertz CT molecular complexity index is 5070. The summed E-state index contributed by atoms with van der Waals surface area (Å²) in [7, 11) is 0. The Morgan fingerprint density at radius 2 is 0.814 bits per heavy atom. The molecule has 1 aromatic heterocycles. The number of nitrogens with zero attached hydrogens (tertiary/aromatic N) is 2. The van der Waals surface area contributed by atoms with E-state index in [4.69, 9.17) is 0 Å². The third-order valence-corrected chi connectivity index (χ3v) is 18.1. The largest absolute Gasteiger partial charge is 0.310 e. The summed E-state index contributed by atoms with van der Waals surface area (Å²) in [5, 5.41) is 10.1. The molecule has 0 saturated carbocycles. The second kappa shape index (κ2) is 21.9. The molecule has 86 heavy (non-hydrogen) atoms. The molecule has 2 nitrogen and oxygen atoms in total. The van der Waals surface area contributed by atoms with Gasteiger partial charge in [0.1, 0.15) is 0 Å². The number of anilines is 2. The fourth-order valence-electron chi connectivity index (χ4n) is 14.3. The first-order chi connectivity index (χ1) is 42.7. The first kappa shape index (κ1) is 51.1. The molecule has 0 aliphatic heterocycles. The summed E-state index contributed by atoms with van der Waals surface area (Å²) >= 11 is 0. The van der Waals surface area contributed by atoms with E-state index in [1.165, 1.54) is 137 Å². The quantitative estimate of drug-likeness (QED) is 0.125. The average molecular weight is 1100 g/mol. The minimum Gasteiger partial charge on any atom is -0.310 e. The van der Waals surface area contributed by atoms with Gasteiger partial charge in [0.15, 0.2) is 0 Å². The summed E-state index contributed by atoms with van der Waals surface area (Å²) in [4.78, 5) is 2.49. The van der Waals surface area contributed by atoms with Crippen LogP contribution in [0.1, 0.15) is 49.7 Å². The summed E-state index contributed by atoms with van der Waals surface area (Å²) < 4.78 is 2.48. The van der Waals surface area contributed by atoms with E-state index >= 15 is 0 Å². The summed E-state index contributed by atoms with van der Waals surface area (Å²) in [6.07, 6.45) is 22.8. The van der Waals surface area contributed by atoms with E-state index in [0.29, 0.717) is 0 Å². The van der Waals surface area contributed by atoms with Gasteiger partial charge in [0.05, 0.1) is 16.7 Å². The van der Waals surface area contributed by atoms with Crippen molar-refractivity contribution in [3.05, 3.63) is 318 Å². The molecule has 0 saturated heterocycles. The van der Waals surface area contributed by atoms with E-state index in [0.717, 1.165) is 55.6 Å². The minimum atomic E-state index is 0.987. The highest BCUT2D eigenvalue weighted by Gasteiger charge is 2.24. The predicted molar refractivity (Wildman–Crippen MR) is 367 cm³/mol. The van der Waals surface area contributed by atoms with E-state index in [1.54, 1.807) is 0 Å². The highest BCUT2D eigenvalue weighted by molar-refractivity contribution is 6.15. The van der Waals surface area contributed by atoms with Crippen LogP contribution >= 0.6 is 0 Å². The van der Waals surface area contributed by atoms with Gasteiger partial charge in [-0.05, 0) is 204 Å². The molecule has 16 rings (SSSR count). The zero-order chi connectivity index (χ0) is 56.9. The van der Waals surface area contributed by atoms with Gasteiger partial charge < -0.3 is 9.47 Å². The van der Waals surface area contributed by atoms with Crippen molar-refractivity contribution in [2.45, 2.75) is 38.5 Å². The summed E-state index contributed by atoms with van der Waals surface area (Å²) in [5.74, 6) is 0. The van der Waals surface area contributed by atoms with Crippen molar-refractivity contribution in [3.63, 3.8) is 0 Å². The Kier molecular flexibility index (Phi) is 13.0. The molecule has 12 aromatic carbocycles. The van der Waals surface area contributed by atoms with Crippen LogP contribution in [0.5, 0.6) is 0 Å². The number of hydrogen-bond donors (Lipinski definition) is 0. The van der Waals surface area contributed by atoms with Gasteiger partial charge in [-0.25, -0.2) is 0 Å². The lowest BCUT2D eigenvalue weighted by Gasteiger charge is -2.30. The van der Waals surface area contributed by atoms with E-state index in [1.807, 2.05) is 0 Å². The molecule has 0 spiro atoms. The van der Waals surface area contributed by atoms with Crippen LogP contribution in [0.15, 0.2) is 297 Å². The summed E-state index contributed by atoms with van der Waals surface area (Å²) in [5.41, 5.74) is 24.7. The van der Waals surface area contributed by atoms with Crippen LogP contribution in [-0.2, 0) is 0 Å². The van der Waals surface area contributed by atoms with Crippen LogP contribution < -0.4 is 15.3 Å². The van der Waals surface area contributed by atoms with Crippen molar-refractivity contribution in [3.8, 4) is 61.3 Å². The van der Waals surface area contributed by atoms with E-state index in [-0.39, 0.29) is 0 Å². The second-order valence-corrected chi connectivity index (χ2v) is 23.1. The summed E-state index contributed by atoms with van der Waals surface area (Å²) in [6.45, 7) is 0. The number of hydrogen-bond acceptors (Lipinski definition) is 1. The van der Waals surface area contributed by atoms with Crippen molar-refractivity contribution in [1.29, 1.82) is 0 Å². The molecule has 0 bridgehead atoms. The first-order valence-corrected chi connectivity index (χ1v) is 30.6. The Hall–Kier alpha value is -10.5. The van der Waals surface area contributed by atoms with Gasteiger partial charge in [0.25, 0.3) is 0 Å². The zero-order valence-electron chi connectivity index (χ0n) is 48.0. The van der Waals surface area contributed by atoms with E-state index < -0.39 is 0 Å². The third-order valence-electron chi connectivity index (χ3n) is 18.1. The maximum atomic E-state index is 2.51. The smallest absolute Gasteiger partial charge is 0.0541 e. The average Bonchev–Trinajstić information content (AvgIpc) is 1.39. The zero-order valence-corrected chi connectivity index (χ0v) is 48.0. The standard InChI is InChI=1S/C84H62N2/c1-5-25-57(26-6-1)65-33-13-15-36-68(65)60-45-52-81-78(55-60)79-56-61(69-37-16-14-34-66(69)58-27-7-2-8-28-58)46-53-82(79)86(81)64-49-47-63(48-50-64)85(62-31-11-4-12-32-62)80-54-51-77(70-38-18-19-39-71(70)80)84-75-43-23-21-41-73(75)83(74-42-22-24-44-76(74)84)72-40-20-17-35-67(72)59-29-9-3-10-30-59/h1-3,5-11,13,15-21,23,25-33,35-56H,4,12,14,22,24,34H2. The Morgan fingerprint density at radius 1 is 0.314 bits per heavy atom. The minimum absolute atomic E-state index is 0.987. The number of allylic oxidation sites excluding steroid dienone is 7. The van der Waals surface area contributed by atoms with Gasteiger partial charge >= 0.3 is 0 Å². The maximum absolute atomic E-state index is 2.51. The van der Waals surface area contributed by atoms with Crippen LogP contribution in [0.4, 0.5) is 11.4 Å². The van der Waals surface area contributed by atoms with Gasteiger partial charge in [0.2, 0.25) is 0 Å². The van der Waals surface area contributed by atoms with Gasteiger partial charge in [-0.1, -0.05) is 243 Å². The number of aromatic nitrogens is 1. The summed E-state index contributed by atoms with van der Waals surface area (Å²) in [6, 6.07) is 97.1. The van der Waals surface area contributed by atoms with Crippen LogP contribution in [0, 0.1) is 0 Å². The third kappa shape index (κ3) is 8.88. The van der Waals surface area contributed by atoms with Crippen LogP contribution in [0.2, 0.25) is 0 Å². The molecule has 13 aromatic rings. The molecular formula is C84H62N2. The SMILES string of the molecule is C1=CC(N(c2ccc(-n3c4ccc(C5=C(c6ccccc6)CCC=C5)cc4c4cc(-c5ccccc5-c5ccccc5)ccc43)cc2)c2ccc(-c3c4c(c(-c5ccccc5-c5ccccc5)c5ccccc35)=CCCC=4)c3ccccc23)=CCC1. The molecule has 0 radical (unpaired) electrons. The molecule has 3 aliphatic carbocycles. The van der Waals surface area contributed by atoms with E-state index in [2.05, 4.69) is 313 Å². The number of fused-ring (bicyclic) bond motifs is 6. The lowest BCUT2D eigenvalue weighted by atomic mass is 9.83. The van der Waals surface area contributed by atoms with E-state index in [9.17, 15) is 0 Å². The molecule has 3 aliphatic rings. The fourth-order valence-corrected chi connectivity index (χ4v) is 14.3. The lowest BCUT2D eigenvalue weighted by molar-refractivity contribution is 0.998. The van der Waals surface area contributed by atoms with Crippen molar-refractivity contribution < 1.29 is 0 Å². The molecule has 0 unspecified atom stereocenters. The topological polar surface area (TPSA) is 8.17 Å². The number of benzene rings is 12. The molecule has 408 valence electrons. The lowest BCUT2D eigenvalue weighted by Crippen LogP contribution is -2.31. The molecule has 1 heterocycles. The maximum Gasteiger partial charge on any atom is 0.0541 e. The van der Waals surface area contributed by atoms with Crippen LogP contribution in [0.25, 0.3) is 128 Å². The number of rotatable bonds is 11. The monoisotopic (exact) mass is 1100 g/mol. The fraction of sp³-hybridized carbons (Fsp3) is 0.0714. The van der Waals surface area contributed by atoms with Crippen LogP contribution in [-0.4, -0.2) is 4.57 Å². The highest BCUT2D eigenvalue weighted by atomic mass is 15.1. The van der Waals surface area contributed by atoms with Gasteiger partial charge in [-0.15, -0.1) is 0 Å². The Morgan fingerprint density at radius 3 is 1.44 bits per heavy atom. The Balaban J connectivity index is 0.847. The second-order valence-electron chi connectivity index (χ2n) is 23.1. The molecule has 2 heteroatoms. The van der Waals surface area contributed by atoms with Crippen molar-refractivity contribution in [2.24, 2.45) is 0 Å². The van der Waals surface area contributed by atoms with Gasteiger partial charge in [-0.3, -0.25) is 0 Å². The van der Waals surface area contributed by atoms with Crippen molar-refractivity contribution in [1.82, 2.24) is 4.57 Å². The Labute approximate surface area is 502 Å². The molecule has 0 amide bonds. The van der Waals surface area contributed by atoms with Gasteiger partial charge in [0, 0.05) is 33.2 Å².